The van der Waals surface area contributed by atoms with Crippen molar-refractivity contribution in [1.29, 1.82) is 0 Å². The standard InChI is InChI=1S/C25H29N5O2S/c1-17-15-20(18(2)30(17)16-19-9-12-26-13-10-19)24-23(21-7-4-5-11-27-21)28-25(33)29(24)14-6-8-22(31)32-3/h4-5,7,9-13,15,23-24H,6,8,14,16H2,1-3H3,(H,28,33)/t23-,24-/m0/s1. The van der Waals surface area contributed by atoms with Crippen molar-refractivity contribution in [2.24, 2.45) is 0 Å². The lowest BCUT2D eigenvalue weighted by atomic mass is 9.96. The molecule has 0 saturated carbocycles. The molecule has 0 amide bonds. The fourth-order valence-electron chi connectivity index (χ4n) is 4.52. The van der Waals surface area contributed by atoms with Gasteiger partial charge in [0.2, 0.25) is 0 Å². The Kier molecular flexibility index (Phi) is 7.03. The molecule has 0 unspecified atom stereocenters. The lowest BCUT2D eigenvalue weighted by Crippen LogP contribution is -2.31. The largest absolute Gasteiger partial charge is 0.469 e. The zero-order valence-electron chi connectivity index (χ0n) is 19.2. The third kappa shape index (κ3) is 4.90. The molecular weight excluding hydrogens is 434 g/mol. The SMILES string of the molecule is COC(=O)CCCN1C(=S)N[C@@H](c2ccccn2)[C@@H]1c1cc(C)n(Cc2ccncc2)c1C. The number of carbonyl (C=O) groups excluding carboxylic acids is 1. The van der Waals surface area contributed by atoms with Gasteiger partial charge < -0.3 is 19.5 Å². The average molecular weight is 464 g/mol. The van der Waals surface area contributed by atoms with Crippen LogP contribution in [0.4, 0.5) is 0 Å². The number of carbonyl (C=O) groups is 1. The van der Waals surface area contributed by atoms with Crippen molar-refractivity contribution in [1.82, 2.24) is 24.8 Å². The van der Waals surface area contributed by atoms with E-state index >= 15 is 0 Å². The van der Waals surface area contributed by atoms with Gasteiger partial charge in [0.15, 0.2) is 5.11 Å². The number of thiocarbonyl (C=S) groups is 1. The van der Waals surface area contributed by atoms with E-state index in [1.807, 2.05) is 48.9 Å². The van der Waals surface area contributed by atoms with Gasteiger partial charge in [-0.3, -0.25) is 14.8 Å². The molecular formula is C25H29N5O2S. The Hall–Kier alpha value is -3.26. The minimum Gasteiger partial charge on any atom is -0.469 e. The molecule has 0 spiro atoms. The lowest BCUT2D eigenvalue weighted by molar-refractivity contribution is -0.140. The molecule has 0 aromatic carbocycles. The fraction of sp³-hybridized carbons (Fsp3) is 0.360. The normalized spacial score (nSPS) is 17.8. The number of aromatic nitrogens is 3. The van der Waals surface area contributed by atoms with Crippen LogP contribution in [0.15, 0.2) is 55.0 Å². The second kappa shape index (κ2) is 10.1. The molecule has 4 heterocycles. The molecule has 3 aromatic rings. The van der Waals surface area contributed by atoms with Gasteiger partial charge in [-0.1, -0.05) is 6.07 Å². The summed E-state index contributed by atoms with van der Waals surface area (Å²) in [5.74, 6) is -0.207. The average Bonchev–Trinajstić information content (AvgIpc) is 3.30. The van der Waals surface area contributed by atoms with Crippen LogP contribution in [-0.4, -0.2) is 44.2 Å². The zero-order valence-corrected chi connectivity index (χ0v) is 20.0. The van der Waals surface area contributed by atoms with Gasteiger partial charge in [-0.25, -0.2) is 0 Å². The summed E-state index contributed by atoms with van der Waals surface area (Å²) in [7, 11) is 1.42. The highest BCUT2D eigenvalue weighted by molar-refractivity contribution is 7.80. The number of ether oxygens (including phenoxy) is 1. The van der Waals surface area contributed by atoms with Gasteiger partial charge in [-0.15, -0.1) is 0 Å². The summed E-state index contributed by atoms with van der Waals surface area (Å²) >= 11 is 5.75. The maximum atomic E-state index is 11.7. The second-order valence-corrected chi connectivity index (χ2v) is 8.65. The number of hydrogen-bond donors (Lipinski definition) is 1. The highest BCUT2D eigenvalue weighted by Gasteiger charge is 2.41. The van der Waals surface area contributed by atoms with Crippen LogP contribution in [0.1, 0.15) is 53.1 Å². The maximum Gasteiger partial charge on any atom is 0.305 e. The van der Waals surface area contributed by atoms with Crippen molar-refractivity contribution >= 4 is 23.3 Å². The van der Waals surface area contributed by atoms with E-state index in [1.165, 1.54) is 29.6 Å². The van der Waals surface area contributed by atoms with Gasteiger partial charge in [0.1, 0.15) is 0 Å². The summed E-state index contributed by atoms with van der Waals surface area (Å²) in [6.45, 7) is 5.73. The molecule has 1 N–H and O–H groups in total. The molecule has 4 rings (SSSR count). The first kappa shape index (κ1) is 22.9. The van der Waals surface area contributed by atoms with Gasteiger partial charge in [-0.2, -0.15) is 0 Å². The predicted octanol–water partition coefficient (Wildman–Crippen LogP) is 3.87. The summed E-state index contributed by atoms with van der Waals surface area (Å²) in [6.07, 6.45) is 6.48. The van der Waals surface area contributed by atoms with E-state index in [4.69, 9.17) is 17.0 Å². The van der Waals surface area contributed by atoms with Crippen LogP contribution < -0.4 is 5.32 Å². The number of esters is 1. The molecule has 172 valence electrons. The fourth-order valence-corrected chi connectivity index (χ4v) is 4.85. The molecule has 1 aliphatic heterocycles. The van der Waals surface area contributed by atoms with E-state index in [-0.39, 0.29) is 18.1 Å². The Morgan fingerprint density at radius 3 is 2.67 bits per heavy atom. The van der Waals surface area contributed by atoms with Gasteiger partial charge in [-0.05, 0) is 73.9 Å². The lowest BCUT2D eigenvalue weighted by Gasteiger charge is -2.28. The number of pyridine rings is 2. The van der Waals surface area contributed by atoms with Crippen molar-refractivity contribution < 1.29 is 9.53 Å². The zero-order chi connectivity index (χ0) is 23.4. The van der Waals surface area contributed by atoms with Crippen molar-refractivity contribution in [3.63, 3.8) is 0 Å². The van der Waals surface area contributed by atoms with Crippen LogP contribution >= 0.6 is 12.2 Å². The first-order chi connectivity index (χ1) is 16.0. The van der Waals surface area contributed by atoms with E-state index in [2.05, 4.69) is 44.7 Å². The van der Waals surface area contributed by atoms with Crippen LogP contribution in [0.2, 0.25) is 0 Å². The molecule has 1 saturated heterocycles. The Morgan fingerprint density at radius 1 is 1.18 bits per heavy atom. The van der Waals surface area contributed by atoms with E-state index in [0.29, 0.717) is 24.5 Å². The number of methoxy groups -OCH3 is 1. The molecule has 33 heavy (non-hydrogen) atoms. The number of rotatable bonds is 8. The number of nitrogens with zero attached hydrogens (tertiary/aromatic N) is 4. The molecule has 0 bridgehead atoms. The Balaban J connectivity index is 1.69. The van der Waals surface area contributed by atoms with Crippen LogP contribution in [0.5, 0.6) is 0 Å². The molecule has 0 radical (unpaired) electrons. The van der Waals surface area contributed by atoms with E-state index in [0.717, 1.165) is 12.2 Å². The minimum absolute atomic E-state index is 0.0255. The second-order valence-electron chi connectivity index (χ2n) is 8.27. The van der Waals surface area contributed by atoms with Crippen LogP contribution in [0, 0.1) is 13.8 Å². The molecule has 2 atom stereocenters. The molecule has 3 aromatic heterocycles. The Bertz CT molecular complexity index is 1120. The van der Waals surface area contributed by atoms with Crippen molar-refractivity contribution in [2.75, 3.05) is 13.7 Å². The van der Waals surface area contributed by atoms with Gasteiger partial charge >= 0.3 is 5.97 Å². The van der Waals surface area contributed by atoms with E-state index < -0.39 is 0 Å². The summed E-state index contributed by atoms with van der Waals surface area (Å²) in [5.41, 5.74) is 5.74. The van der Waals surface area contributed by atoms with Crippen molar-refractivity contribution in [2.45, 2.75) is 45.3 Å². The highest BCUT2D eigenvalue weighted by atomic mass is 32.1. The predicted molar refractivity (Wildman–Crippen MR) is 131 cm³/mol. The molecule has 1 fully saturated rings. The smallest absolute Gasteiger partial charge is 0.305 e. The number of aryl methyl sites for hydroxylation is 1. The maximum absolute atomic E-state index is 11.7. The van der Waals surface area contributed by atoms with E-state index in [1.54, 1.807) is 0 Å². The minimum atomic E-state index is -0.207. The quantitative estimate of drug-likeness (QED) is 0.402. The summed E-state index contributed by atoms with van der Waals surface area (Å²) in [4.78, 5) is 22.6. The molecule has 1 aliphatic rings. The van der Waals surface area contributed by atoms with Crippen LogP contribution in [-0.2, 0) is 16.1 Å². The van der Waals surface area contributed by atoms with Gasteiger partial charge in [0.25, 0.3) is 0 Å². The summed E-state index contributed by atoms with van der Waals surface area (Å²) in [6, 6.07) is 12.2. The summed E-state index contributed by atoms with van der Waals surface area (Å²) < 4.78 is 7.14. The summed E-state index contributed by atoms with van der Waals surface area (Å²) in [5, 5.41) is 4.17. The first-order valence-electron chi connectivity index (χ1n) is 11.1. The topological polar surface area (TPSA) is 72.3 Å². The Labute approximate surface area is 199 Å². The first-order valence-corrected chi connectivity index (χ1v) is 11.5. The third-order valence-electron chi connectivity index (χ3n) is 6.23. The number of nitrogens with one attached hydrogen (secondary N) is 1. The van der Waals surface area contributed by atoms with Crippen LogP contribution in [0.3, 0.4) is 0 Å². The van der Waals surface area contributed by atoms with Crippen molar-refractivity contribution in [3.8, 4) is 0 Å². The van der Waals surface area contributed by atoms with Crippen molar-refractivity contribution in [3.05, 3.63) is 83.2 Å². The highest BCUT2D eigenvalue weighted by Crippen LogP contribution is 2.41. The van der Waals surface area contributed by atoms with Gasteiger partial charge in [0, 0.05) is 49.5 Å². The Morgan fingerprint density at radius 2 is 1.97 bits per heavy atom. The van der Waals surface area contributed by atoms with Gasteiger partial charge in [0.05, 0.1) is 24.9 Å². The van der Waals surface area contributed by atoms with E-state index in [9.17, 15) is 4.79 Å². The molecule has 8 heteroatoms. The third-order valence-corrected chi connectivity index (χ3v) is 6.58. The monoisotopic (exact) mass is 463 g/mol. The molecule has 0 aliphatic carbocycles. The molecule has 7 nitrogen and oxygen atoms in total. The number of hydrogen-bond acceptors (Lipinski definition) is 5. The van der Waals surface area contributed by atoms with Crippen LogP contribution in [0.25, 0.3) is 0 Å².